The summed E-state index contributed by atoms with van der Waals surface area (Å²) in [5.41, 5.74) is 6.69. The zero-order valence-corrected chi connectivity index (χ0v) is 18.8. The van der Waals surface area contributed by atoms with E-state index in [0.717, 1.165) is 24.7 Å². The minimum absolute atomic E-state index is 0.689. The van der Waals surface area contributed by atoms with Gasteiger partial charge in [0.15, 0.2) is 0 Å². The van der Waals surface area contributed by atoms with Gasteiger partial charge in [0.2, 0.25) is 0 Å². The van der Waals surface area contributed by atoms with Crippen molar-refractivity contribution in [2.45, 2.75) is 45.1 Å². The second-order valence-corrected chi connectivity index (χ2v) is 10.1. The molecule has 1 aromatic heterocycles. The summed E-state index contributed by atoms with van der Waals surface area (Å²) in [4.78, 5) is 5.13. The molecule has 4 heteroatoms. The van der Waals surface area contributed by atoms with E-state index in [4.69, 9.17) is 9.47 Å². The number of hydrogen-bond donors (Lipinski definition) is 0. The second-order valence-electron chi connectivity index (χ2n) is 8.98. The molecule has 3 aliphatic rings. The summed E-state index contributed by atoms with van der Waals surface area (Å²) in [5.74, 6) is 1.97. The quantitative estimate of drug-likeness (QED) is 0.329. The van der Waals surface area contributed by atoms with Gasteiger partial charge in [-0.25, -0.2) is 0 Å². The van der Waals surface area contributed by atoms with E-state index >= 15 is 0 Å². The number of hydrogen-bond acceptors (Lipinski definition) is 4. The van der Waals surface area contributed by atoms with Crippen molar-refractivity contribution in [2.75, 3.05) is 26.2 Å². The van der Waals surface area contributed by atoms with E-state index in [-0.39, 0.29) is 0 Å². The molecule has 0 atom stereocenters. The number of benzene rings is 2. The second kappa shape index (κ2) is 8.42. The molecule has 31 heavy (non-hydrogen) atoms. The molecule has 160 valence electrons. The van der Waals surface area contributed by atoms with E-state index in [1.54, 1.807) is 0 Å². The third-order valence-corrected chi connectivity index (χ3v) is 8.01. The average molecular weight is 432 g/mol. The zero-order valence-electron chi connectivity index (χ0n) is 18.0. The van der Waals surface area contributed by atoms with Crippen LogP contribution in [0.4, 0.5) is 0 Å². The minimum Gasteiger partial charge on any atom is -0.456 e. The summed E-state index contributed by atoms with van der Waals surface area (Å²) < 4.78 is 12.6. The van der Waals surface area contributed by atoms with Crippen LogP contribution in [-0.2, 0) is 24.2 Å². The van der Waals surface area contributed by atoms with E-state index in [1.807, 2.05) is 11.3 Å². The van der Waals surface area contributed by atoms with Crippen molar-refractivity contribution in [3.63, 3.8) is 0 Å². The van der Waals surface area contributed by atoms with E-state index in [0.29, 0.717) is 6.61 Å². The van der Waals surface area contributed by atoms with Crippen molar-refractivity contribution in [3.8, 4) is 33.1 Å². The van der Waals surface area contributed by atoms with Crippen LogP contribution in [-0.4, -0.2) is 31.1 Å². The van der Waals surface area contributed by atoms with Crippen LogP contribution in [0.3, 0.4) is 0 Å². The molecule has 0 spiro atoms. The lowest BCUT2D eigenvalue weighted by atomic mass is 9.89. The highest BCUT2D eigenvalue weighted by Crippen LogP contribution is 2.51. The van der Waals surface area contributed by atoms with Gasteiger partial charge in [0.05, 0.1) is 13.2 Å². The molecule has 0 bridgehead atoms. The molecular weight excluding hydrogens is 402 g/mol. The summed E-state index contributed by atoms with van der Waals surface area (Å²) in [6.45, 7) is 5.01. The SMILES string of the molecule is c1ccc2c(c1)Oc1cc3c(cc1-c1sc(COCCN4CCCC4)cc1-2)CCCC3. The Morgan fingerprint density at radius 2 is 1.65 bits per heavy atom. The van der Waals surface area contributed by atoms with Gasteiger partial charge in [0.25, 0.3) is 0 Å². The maximum absolute atomic E-state index is 6.47. The fourth-order valence-electron chi connectivity index (χ4n) is 5.21. The van der Waals surface area contributed by atoms with Gasteiger partial charge >= 0.3 is 0 Å². The monoisotopic (exact) mass is 431 g/mol. The van der Waals surface area contributed by atoms with Crippen molar-refractivity contribution in [1.82, 2.24) is 4.90 Å². The molecule has 3 heterocycles. The van der Waals surface area contributed by atoms with Crippen molar-refractivity contribution >= 4 is 11.3 Å². The first kappa shape index (κ1) is 19.5. The highest BCUT2D eigenvalue weighted by Gasteiger charge is 2.25. The molecule has 1 aliphatic carbocycles. The summed E-state index contributed by atoms with van der Waals surface area (Å²) in [5, 5.41) is 0. The van der Waals surface area contributed by atoms with Crippen molar-refractivity contribution in [2.24, 2.45) is 0 Å². The Labute approximate surface area is 188 Å². The van der Waals surface area contributed by atoms with Gasteiger partial charge in [-0.1, -0.05) is 18.2 Å². The van der Waals surface area contributed by atoms with E-state index in [1.165, 1.54) is 89.2 Å². The van der Waals surface area contributed by atoms with Crippen LogP contribution in [0.25, 0.3) is 21.6 Å². The molecule has 0 N–H and O–H groups in total. The number of nitrogens with zero attached hydrogens (tertiary/aromatic N) is 1. The van der Waals surface area contributed by atoms with Gasteiger partial charge in [-0.3, -0.25) is 0 Å². The minimum atomic E-state index is 0.689. The molecule has 1 saturated heterocycles. The highest BCUT2D eigenvalue weighted by molar-refractivity contribution is 7.16. The van der Waals surface area contributed by atoms with Crippen LogP contribution in [0, 0.1) is 0 Å². The molecule has 2 aliphatic heterocycles. The lowest BCUT2D eigenvalue weighted by molar-refractivity contribution is 0.101. The Morgan fingerprint density at radius 1 is 0.839 bits per heavy atom. The molecule has 0 saturated carbocycles. The fraction of sp³-hybridized carbons (Fsp3) is 0.407. The molecule has 2 aromatic carbocycles. The van der Waals surface area contributed by atoms with Gasteiger partial charge in [-0.05, 0) is 87.0 Å². The molecule has 3 nitrogen and oxygen atoms in total. The predicted molar refractivity (Wildman–Crippen MR) is 127 cm³/mol. The average Bonchev–Trinajstić information content (AvgIpc) is 3.45. The van der Waals surface area contributed by atoms with E-state index in [9.17, 15) is 0 Å². The largest absolute Gasteiger partial charge is 0.456 e. The maximum atomic E-state index is 6.47. The van der Waals surface area contributed by atoms with Gasteiger partial charge in [-0.2, -0.15) is 0 Å². The van der Waals surface area contributed by atoms with Crippen LogP contribution >= 0.6 is 11.3 Å². The van der Waals surface area contributed by atoms with Gasteiger partial charge in [0, 0.05) is 33.0 Å². The maximum Gasteiger partial charge on any atom is 0.136 e. The number of aryl methyl sites for hydroxylation is 2. The number of thiophene rings is 1. The van der Waals surface area contributed by atoms with Crippen molar-refractivity contribution < 1.29 is 9.47 Å². The van der Waals surface area contributed by atoms with Gasteiger partial charge in [0.1, 0.15) is 11.5 Å². The molecule has 0 unspecified atom stereocenters. The molecule has 1 fully saturated rings. The third kappa shape index (κ3) is 3.82. The molecule has 3 aromatic rings. The Bertz CT molecular complexity index is 1100. The molecule has 0 radical (unpaired) electrons. The summed E-state index contributed by atoms with van der Waals surface area (Å²) in [6, 6.07) is 15.5. The summed E-state index contributed by atoms with van der Waals surface area (Å²) in [7, 11) is 0. The number of para-hydroxylation sites is 1. The number of fused-ring (bicyclic) bond motifs is 6. The third-order valence-electron chi connectivity index (χ3n) is 6.86. The lowest BCUT2D eigenvalue weighted by Gasteiger charge is -2.19. The van der Waals surface area contributed by atoms with Crippen LogP contribution in [0.15, 0.2) is 42.5 Å². The standard InChI is InChI=1S/C27H29NO2S/c1-2-8-20-16-26-24(15-19(20)7-1)27-23(22-9-3-4-10-25(22)30-26)17-21(31-27)18-29-14-13-28-11-5-6-12-28/h3-4,9-10,15-17H,1-2,5-8,11-14,18H2. The Kier molecular flexibility index (Phi) is 5.31. The van der Waals surface area contributed by atoms with Gasteiger partial charge in [-0.15, -0.1) is 11.3 Å². The lowest BCUT2D eigenvalue weighted by Crippen LogP contribution is -2.23. The Morgan fingerprint density at radius 3 is 2.52 bits per heavy atom. The Hall–Kier alpha value is -2.14. The van der Waals surface area contributed by atoms with E-state index < -0.39 is 0 Å². The van der Waals surface area contributed by atoms with Crippen LogP contribution < -0.4 is 4.74 Å². The Balaban J connectivity index is 1.32. The first-order valence-corrected chi connectivity index (χ1v) is 12.5. The number of rotatable bonds is 5. The summed E-state index contributed by atoms with van der Waals surface area (Å²) >= 11 is 1.87. The fourth-order valence-corrected chi connectivity index (χ4v) is 6.34. The van der Waals surface area contributed by atoms with Crippen molar-refractivity contribution in [3.05, 3.63) is 58.5 Å². The first-order chi connectivity index (χ1) is 15.3. The first-order valence-electron chi connectivity index (χ1n) is 11.7. The van der Waals surface area contributed by atoms with E-state index in [2.05, 4.69) is 47.4 Å². The molecule has 6 rings (SSSR count). The zero-order chi connectivity index (χ0) is 20.6. The molecule has 0 amide bonds. The normalized spacial score (nSPS) is 17.3. The highest BCUT2D eigenvalue weighted by atomic mass is 32.1. The number of likely N-dealkylation sites (tertiary alicyclic amines) is 1. The van der Waals surface area contributed by atoms with Crippen LogP contribution in [0.1, 0.15) is 41.7 Å². The van der Waals surface area contributed by atoms with Crippen molar-refractivity contribution in [1.29, 1.82) is 0 Å². The molecular formula is C27H29NO2S. The predicted octanol–water partition coefficient (Wildman–Crippen LogP) is 6.68. The van der Waals surface area contributed by atoms with Crippen LogP contribution in [0.2, 0.25) is 0 Å². The van der Waals surface area contributed by atoms with Gasteiger partial charge < -0.3 is 14.4 Å². The topological polar surface area (TPSA) is 21.7 Å². The van der Waals surface area contributed by atoms with Crippen LogP contribution in [0.5, 0.6) is 11.5 Å². The number of ether oxygens (including phenoxy) is 2. The summed E-state index contributed by atoms with van der Waals surface area (Å²) in [6.07, 6.45) is 7.60. The smallest absolute Gasteiger partial charge is 0.136 e.